The molecule has 18 heavy (non-hydrogen) atoms. The first-order valence-corrected chi connectivity index (χ1v) is 6.74. The fourth-order valence-electron chi connectivity index (χ4n) is 1.91. The Kier molecular flexibility index (Phi) is 4.09. The number of halogens is 2. The van der Waals surface area contributed by atoms with Gasteiger partial charge in [0.25, 0.3) is 0 Å². The molecule has 1 nitrogen and oxygen atoms in total. The summed E-state index contributed by atoms with van der Waals surface area (Å²) in [6.45, 7) is 3.94. The van der Waals surface area contributed by atoms with E-state index in [0.717, 1.165) is 6.07 Å². The Hall–Kier alpha value is -1.26. The minimum atomic E-state index is -0.540. The van der Waals surface area contributed by atoms with Gasteiger partial charge >= 0.3 is 0 Å². The van der Waals surface area contributed by atoms with E-state index in [1.165, 1.54) is 17.7 Å². The number of hydrogen-bond donors (Lipinski definition) is 1. The lowest BCUT2D eigenvalue weighted by atomic mass is 10.1. The van der Waals surface area contributed by atoms with Crippen LogP contribution in [0.4, 0.5) is 8.78 Å². The van der Waals surface area contributed by atoms with Crippen LogP contribution in [0.15, 0.2) is 35.0 Å². The van der Waals surface area contributed by atoms with Gasteiger partial charge in [0.05, 0.1) is 0 Å². The fraction of sp³-hybridized carbons (Fsp3) is 0.286. The monoisotopic (exact) mass is 267 g/mol. The average Bonchev–Trinajstić information content (AvgIpc) is 2.80. The van der Waals surface area contributed by atoms with E-state index < -0.39 is 11.6 Å². The van der Waals surface area contributed by atoms with Crippen molar-refractivity contribution in [2.45, 2.75) is 25.9 Å². The third-order valence-electron chi connectivity index (χ3n) is 2.93. The van der Waals surface area contributed by atoms with Crippen molar-refractivity contribution >= 4 is 11.3 Å². The van der Waals surface area contributed by atoms with Crippen LogP contribution >= 0.6 is 11.3 Å². The first-order chi connectivity index (χ1) is 8.56. The van der Waals surface area contributed by atoms with Gasteiger partial charge in [-0.25, -0.2) is 8.78 Å². The van der Waals surface area contributed by atoms with Gasteiger partial charge in [0.1, 0.15) is 11.6 Å². The molecule has 0 fully saturated rings. The zero-order valence-electron chi connectivity index (χ0n) is 10.3. The van der Waals surface area contributed by atoms with Crippen LogP contribution < -0.4 is 5.32 Å². The van der Waals surface area contributed by atoms with Crippen LogP contribution in [0.3, 0.4) is 0 Å². The molecular formula is C14H15F2NS. The van der Waals surface area contributed by atoms with Crippen LogP contribution in [-0.4, -0.2) is 0 Å². The molecule has 96 valence electrons. The van der Waals surface area contributed by atoms with E-state index in [0.29, 0.717) is 5.56 Å². The summed E-state index contributed by atoms with van der Waals surface area (Å²) in [6.07, 6.45) is 0. The molecule has 2 unspecified atom stereocenters. The van der Waals surface area contributed by atoms with E-state index in [2.05, 4.69) is 10.7 Å². The molecule has 0 saturated heterocycles. The summed E-state index contributed by atoms with van der Waals surface area (Å²) in [5, 5.41) is 7.41. The zero-order chi connectivity index (χ0) is 13.1. The summed E-state index contributed by atoms with van der Waals surface area (Å²) in [4.78, 5) is 0. The van der Waals surface area contributed by atoms with E-state index in [1.54, 1.807) is 11.3 Å². The summed E-state index contributed by atoms with van der Waals surface area (Å²) >= 11 is 1.64. The van der Waals surface area contributed by atoms with Crippen LogP contribution in [0.1, 0.15) is 37.1 Å². The minimum absolute atomic E-state index is 0.106. The van der Waals surface area contributed by atoms with E-state index in [9.17, 15) is 8.78 Å². The van der Waals surface area contributed by atoms with Gasteiger partial charge in [-0.3, -0.25) is 0 Å². The van der Waals surface area contributed by atoms with Gasteiger partial charge in [-0.15, -0.1) is 0 Å². The Bertz CT molecular complexity index is 490. The molecule has 0 aliphatic carbocycles. The number of benzene rings is 1. The van der Waals surface area contributed by atoms with Crippen molar-refractivity contribution in [3.8, 4) is 0 Å². The van der Waals surface area contributed by atoms with Crippen molar-refractivity contribution < 1.29 is 8.78 Å². The second-order valence-corrected chi connectivity index (χ2v) is 5.15. The lowest BCUT2D eigenvalue weighted by Crippen LogP contribution is -2.22. The maximum Gasteiger partial charge on any atom is 0.126 e. The molecule has 0 amide bonds. The quantitative estimate of drug-likeness (QED) is 0.863. The Morgan fingerprint density at radius 2 is 1.61 bits per heavy atom. The molecule has 2 atom stereocenters. The van der Waals surface area contributed by atoms with Gasteiger partial charge in [0, 0.05) is 18.2 Å². The number of hydrogen-bond acceptors (Lipinski definition) is 2. The van der Waals surface area contributed by atoms with Crippen molar-refractivity contribution in [1.29, 1.82) is 0 Å². The van der Waals surface area contributed by atoms with Crippen molar-refractivity contribution in [1.82, 2.24) is 5.32 Å². The highest BCUT2D eigenvalue weighted by Crippen LogP contribution is 2.22. The maximum atomic E-state index is 13.1. The van der Waals surface area contributed by atoms with Crippen molar-refractivity contribution in [2.75, 3.05) is 0 Å². The highest BCUT2D eigenvalue weighted by Gasteiger charge is 2.13. The molecule has 4 heteroatoms. The van der Waals surface area contributed by atoms with Crippen LogP contribution in [-0.2, 0) is 0 Å². The van der Waals surface area contributed by atoms with Crippen molar-refractivity contribution in [3.63, 3.8) is 0 Å². The molecule has 1 N–H and O–H groups in total. The summed E-state index contributed by atoms with van der Waals surface area (Å²) in [7, 11) is 0. The smallest absolute Gasteiger partial charge is 0.126 e. The summed E-state index contributed by atoms with van der Waals surface area (Å²) in [6, 6.07) is 5.70. The van der Waals surface area contributed by atoms with Crippen molar-refractivity contribution in [3.05, 3.63) is 57.8 Å². The van der Waals surface area contributed by atoms with Crippen LogP contribution in [0, 0.1) is 11.6 Å². The fourth-order valence-corrected chi connectivity index (χ4v) is 2.67. The van der Waals surface area contributed by atoms with E-state index in [4.69, 9.17) is 0 Å². The molecule has 1 heterocycles. The molecule has 0 radical (unpaired) electrons. The Morgan fingerprint density at radius 3 is 2.17 bits per heavy atom. The van der Waals surface area contributed by atoms with Crippen molar-refractivity contribution in [2.24, 2.45) is 0 Å². The third kappa shape index (κ3) is 3.15. The topological polar surface area (TPSA) is 12.0 Å². The van der Waals surface area contributed by atoms with E-state index >= 15 is 0 Å². The van der Waals surface area contributed by atoms with Crippen LogP contribution in [0.25, 0.3) is 0 Å². The molecule has 2 rings (SSSR count). The SMILES string of the molecule is CC(NC(C)c1cc(F)cc(F)c1)c1ccsc1. The Balaban J connectivity index is 2.09. The highest BCUT2D eigenvalue weighted by molar-refractivity contribution is 7.07. The van der Waals surface area contributed by atoms with E-state index in [-0.39, 0.29) is 12.1 Å². The first kappa shape index (κ1) is 13.2. The molecule has 0 spiro atoms. The van der Waals surface area contributed by atoms with Crippen LogP contribution in [0.5, 0.6) is 0 Å². The van der Waals surface area contributed by atoms with Gasteiger partial charge in [0.15, 0.2) is 0 Å². The molecule has 1 aromatic heterocycles. The summed E-state index contributed by atoms with van der Waals surface area (Å²) in [5.41, 5.74) is 1.80. The molecule has 0 saturated carbocycles. The molecule has 0 aliphatic heterocycles. The largest absolute Gasteiger partial charge is 0.304 e. The van der Waals surface area contributed by atoms with Gasteiger partial charge in [-0.2, -0.15) is 11.3 Å². The number of thiophene rings is 1. The molecular weight excluding hydrogens is 252 g/mol. The van der Waals surface area contributed by atoms with Gasteiger partial charge in [-0.05, 0) is 53.9 Å². The van der Waals surface area contributed by atoms with Gasteiger partial charge in [-0.1, -0.05) is 0 Å². The zero-order valence-corrected chi connectivity index (χ0v) is 11.1. The molecule has 0 aliphatic rings. The summed E-state index contributed by atoms with van der Waals surface area (Å²) < 4.78 is 26.3. The highest BCUT2D eigenvalue weighted by atomic mass is 32.1. The Morgan fingerprint density at radius 1 is 1.00 bits per heavy atom. The Labute approximate surface area is 109 Å². The second-order valence-electron chi connectivity index (χ2n) is 4.37. The van der Waals surface area contributed by atoms with Crippen LogP contribution in [0.2, 0.25) is 0 Å². The predicted octanol–water partition coefficient (Wildman–Crippen LogP) is 4.44. The maximum absolute atomic E-state index is 13.1. The molecule has 1 aromatic carbocycles. The molecule has 2 aromatic rings. The third-order valence-corrected chi connectivity index (χ3v) is 3.63. The van der Waals surface area contributed by atoms with E-state index in [1.807, 2.05) is 25.3 Å². The van der Waals surface area contributed by atoms with Gasteiger partial charge < -0.3 is 5.32 Å². The minimum Gasteiger partial charge on any atom is -0.304 e. The standard InChI is InChI=1S/C14H15F2NS/c1-9(11-3-4-18-8-11)17-10(2)12-5-13(15)7-14(16)6-12/h3-10,17H,1-2H3. The molecule has 0 bridgehead atoms. The second kappa shape index (κ2) is 5.59. The lowest BCUT2D eigenvalue weighted by Gasteiger charge is -2.20. The normalized spacial score (nSPS) is 14.4. The first-order valence-electron chi connectivity index (χ1n) is 5.80. The average molecular weight is 267 g/mol. The lowest BCUT2D eigenvalue weighted by molar-refractivity contribution is 0.488. The predicted molar refractivity (Wildman–Crippen MR) is 70.6 cm³/mol. The van der Waals surface area contributed by atoms with Gasteiger partial charge in [0.2, 0.25) is 0 Å². The number of rotatable bonds is 4. The summed E-state index contributed by atoms with van der Waals surface area (Å²) in [5.74, 6) is -1.08. The number of nitrogens with one attached hydrogen (secondary N) is 1.